The number of methoxy groups -OCH3 is 1. The van der Waals surface area contributed by atoms with Gasteiger partial charge in [0.1, 0.15) is 5.75 Å². The first kappa shape index (κ1) is 19.1. The smallest absolute Gasteiger partial charge is 0.243 e. The predicted molar refractivity (Wildman–Crippen MR) is 98.2 cm³/mol. The molecule has 3 rings (SSSR count). The Bertz CT molecular complexity index is 727. The van der Waals surface area contributed by atoms with Crippen LogP contribution in [0.5, 0.6) is 5.75 Å². The monoisotopic (exact) mass is 381 g/mol. The van der Waals surface area contributed by atoms with E-state index in [2.05, 4.69) is 0 Å². The van der Waals surface area contributed by atoms with Crippen molar-refractivity contribution in [2.75, 3.05) is 39.8 Å². The van der Waals surface area contributed by atoms with Gasteiger partial charge in [-0.15, -0.1) is 0 Å². The van der Waals surface area contributed by atoms with Crippen LogP contribution in [0.25, 0.3) is 0 Å². The number of carbonyl (C=O) groups is 1. The summed E-state index contributed by atoms with van der Waals surface area (Å²) in [6.45, 7) is 2.05. The fourth-order valence-corrected chi connectivity index (χ4v) is 5.35. The van der Waals surface area contributed by atoms with Crippen LogP contribution in [0.4, 0.5) is 0 Å². The highest BCUT2D eigenvalue weighted by molar-refractivity contribution is 7.89. The van der Waals surface area contributed by atoms with Gasteiger partial charge in [-0.1, -0.05) is 6.42 Å². The van der Waals surface area contributed by atoms with Gasteiger partial charge in [0.2, 0.25) is 15.9 Å². The van der Waals surface area contributed by atoms with E-state index in [-0.39, 0.29) is 22.6 Å². The van der Waals surface area contributed by atoms with Crippen LogP contribution in [0.1, 0.15) is 19.3 Å². The van der Waals surface area contributed by atoms with Crippen molar-refractivity contribution in [1.82, 2.24) is 9.21 Å². The number of nitrogens with two attached hydrogens (primary N) is 1. The lowest BCUT2D eigenvalue weighted by Crippen LogP contribution is -2.52. The van der Waals surface area contributed by atoms with Crippen molar-refractivity contribution < 1.29 is 17.9 Å². The van der Waals surface area contributed by atoms with E-state index < -0.39 is 10.0 Å². The number of piperazine rings is 1. The molecule has 2 fully saturated rings. The zero-order valence-corrected chi connectivity index (χ0v) is 16.0. The van der Waals surface area contributed by atoms with Crippen molar-refractivity contribution in [2.24, 2.45) is 17.6 Å². The Balaban J connectivity index is 1.63. The molecule has 1 amide bonds. The maximum Gasteiger partial charge on any atom is 0.243 e. The van der Waals surface area contributed by atoms with Gasteiger partial charge in [-0.05, 0) is 49.6 Å². The van der Waals surface area contributed by atoms with Crippen molar-refractivity contribution in [1.29, 1.82) is 0 Å². The van der Waals surface area contributed by atoms with Gasteiger partial charge in [-0.3, -0.25) is 4.79 Å². The Morgan fingerprint density at radius 1 is 1.15 bits per heavy atom. The molecule has 2 N–H and O–H groups in total. The molecule has 0 spiro atoms. The van der Waals surface area contributed by atoms with Crippen LogP contribution >= 0.6 is 0 Å². The summed E-state index contributed by atoms with van der Waals surface area (Å²) in [7, 11) is -2.01. The summed E-state index contributed by atoms with van der Waals surface area (Å²) in [4.78, 5) is 14.8. The van der Waals surface area contributed by atoms with Crippen molar-refractivity contribution in [3.8, 4) is 5.75 Å². The van der Waals surface area contributed by atoms with Crippen molar-refractivity contribution >= 4 is 15.9 Å². The van der Waals surface area contributed by atoms with Crippen LogP contribution in [-0.2, 0) is 14.8 Å². The third-order valence-corrected chi connectivity index (χ3v) is 7.44. The summed E-state index contributed by atoms with van der Waals surface area (Å²) in [5.74, 6) is 1.03. The second-order valence-electron chi connectivity index (χ2n) is 6.94. The van der Waals surface area contributed by atoms with E-state index in [9.17, 15) is 13.2 Å². The van der Waals surface area contributed by atoms with E-state index in [1.54, 1.807) is 36.3 Å². The summed E-state index contributed by atoms with van der Waals surface area (Å²) >= 11 is 0. The molecule has 2 aliphatic rings. The quantitative estimate of drug-likeness (QED) is 0.818. The highest BCUT2D eigenvalue weighted by atomic mass is 32.2. The van der Waals surface area contributed by atoms with Crippen LogP contribution in [-0.4, -0.2) is 63.4 Å². The predicted octanol–water partition coefficient (Wildman–Crippen LogP) is 0.903. The summed E-state index contributed by atoms with van der Waals surface area (Å²) < 4.78 is 32.1. The molecule has 2 atom stereocenters. The number of hydrogen-bond donors (Lipinski definition) is 1. The molecule has 144 valence electrons. The first-order valence-electron chi connectivity index (χ1n) is 9.10. The summed E-state index contributed by atoms with van der Waals surface area (Å²) in [6, 6.07) is 6.38. The Kier molecular flexibility index (Phi) is 5.84. The number of amides is 1. The van der Waals surface area contributed by atoms with Crippen molar-refractivity contribution in [2.45, 2.75) is 24.2 Å². The van der Waals surface area contributed by atoms with Gasteiger partial charge in [-0.2, -0.15) is 4.31 Å². The molecular weight excluding hydrogens is 354 g/mol. The molecule has 1 saturated heterocycles. The Morgan fingerprint density at radius 3 is 2.38 bits per heavy atom. The molecule has 26 heavy (non-hydrogen) atoms. The lowest BCUT2D eigenvalue weighted by Gasteiger charge is -2.36. The van der Waals surface area contributed by atoms with Gasteiger partial charge in [-0.25, -0.2) is 8.42 Å². The molecule has 0 bridgehead atoms. The van der Waals surface area contributed by atoms with Gasteiger partial charge < -0.3 is 15.4 Å². The third-order valence-electron chi connectivity index (χ3n) is 5.53. The van der Waals surface area contributed by atoms with E-state index >= 15 is 0 Å². The lowest BCUT2D eigenvalue weighted by molar-refractivity contribution is -0.137. The van der Waals surface area contributed by atoms with Gasteiger partial charge >= 0.3 is 0 Å². The van der Waals surface area contributed by atoms with Crippen LogP contribution in [0.15, 0.2) is 29.2 Å². The van der Waals surface area contributed by atoms with Gasteiger partial charge in [0.25, 0.3) is 0 Å². The minimum Gasteiger partial charge on any atom is -0.497 e. The maximum atomic E-state index is 12.8. The number of benzene rings is 1. The zero-order chi connectivity index (χ0) is 18.7. The molecule has 8 heteroatoms. The molecule has 7 nitrogen and oxygen atoms in total. The number of carbonyl (C=O) groups excluding carboxylic acids is 1. The van der Waals surface area contributed by atoms with Crippen LogP contribution in [0.3, 0.4) is 0 Å². The SMILES string of the molecule is COc1ccc(S(=O)(=O)N2CCN(C(=O)[C@@H]3CCC[C@@H]3CN)CC2)cc1. The van der Waals surface area contributed by atoms with Gasteiger partial charge in [0.15, 0.2) is 0 Å². The topological polar surface area (TPSA) is 92.9 Å². The maximum absolute atomic E-state index is 12.8. The Labute approximate surface area is 155 Å². The van der Waals surface area contributed by atoms with Crippen LogP contribution in [0, 0.1) is 11.8 Å². The molecule has 1 aliphatic carbocycles. The molecule has 1 heterocycles. The first-order chi connectivity index (χ1) is 12.5. The van der Waals surface area contributed by atoms with E-state index in [0.717, 1.165) is 19.3 Å². The second kappa shape index (κ2) is 7.94. The second-order valence-corrected chi connectivity index (χ2v) is 8.88. The van der Waals surface area contributed by atoms with Crippen LogP contribution in [0.2, 0.25) is 0 Å². The molecule has 0 radical (unpaired) electrons. The van der Waals surface area contributed by atoms with E-state index in [0.29, 0.717) is 38.5 Å². The minimum atomic E-state index is -3.55. The van der Waals surface area contributed by atoms with E-state index in [1.807, 2.05) is 0 Å². The molecule has 1 aliphatic heterocycles. The number of rotatable bonds is 5. The largest absolute Gasteiger partial charge is 0.497 e. The van der Waals surface area contributed by atoms with Crippen LogP contribution < -0.4 is 10.5 Å². The summed E-state index contributed by atoms with van der Waals surface area (Å²) in [5.41, 5.74) is 5.79. The molecule has 0 aromatic heterocycles. The average molecular weight is 381 g/mol. The molecule has 0 unspecified atom stereocenters. The fourth-order valence-electron chi connectivity index (χ4n) is 3.92. The zero-order valence-electron chi connectivity index (χ0n) is 15.1. The minimum absolute atomic E-state index is 0.00439. The highest BCUT2D eigenvalue weighted by Gasteiger charge is 2.37. The highest BCUT2D eigenvalue weighted by Crippen LogP contribution is 2.32. The number of hydrogen-bond acceptors (Lipinski definition) is 5. The average Bonchev–Trinajstić information content (AvgIpc) is 3.16. The normalized spacial score (nSPS) is 24.6. The van der Waals surface area contributed by atoms with Crippen molar-refractivity contribution in [3.05, 3.63) is 24.3 Å². The summed E-state index contributed by atoms with van der Waals surface area (Å²) in [5, 5.41) is 0. The number of nitrogens with zero attached hydrogens (tertiary/aromatic N) is 2. The molecule has 1 aromatic carbocycles. The number of sulfonamides is 1. The number of ether oxygens (including phenoxy) is 1. The van der Waals surface area contributed by atoms with E-state index in [4.69, 9.17) is 10.5 Å². The van der Waals surface area contributed by atoms with E-state index in [1.165, 1.54) is 4.31 Å². The fraction of sp³-hybridized carbons (Fsp3) is 0.611. The van der Waals surface area contributed by atoms with Crippen molar-refractivity contribution in [3.63, 3.8) is 0 Å². The van der Waals surface area contributed by atoms with Gasteiger partial charge in [0, 0.05) is 32.1 Å². The molecular formula is C18H27N3O4S. The Morgan fingerprint density at radius 2 is 1.81 bits per heavy atom. The van der Waals surface area contributed by atoms with Gasteiger partial charge in [0.05, 0.1) is 12.0 Å². The third kappa shape index (κ3) is 3.72. The standard InChI is InChI=1S/C18H27N3O4S/c1-25-15-5-7-16(8-6-15)26(23,24)21-11-9-20(10-12-21)18(22)17-4-2-3-14(17)13-19/h5-8,14,17H,2-4,9-13,19H2,1H3/t14-,17-/m1/s1. The molecule has 1 saturated carbocycles. The first-order valence-corrected chi connectivity index (χ1v) is 10.5. The Hall–Kier alpha value is -1.64. The lowest BCUT2D eigenvalue weighted by atomic mass is 9.94. The molecule has 1 aromatic rings. The summed E-state index contributed by atoms with van der Waals surface area (Å²) in [6.07, 6.45) is 2.95.